The van der Waals surface area contributed by atoms with Crippen LogP contribution in [0.2, 0.25) is 0 Å². The maximum absolute atomic E-state index is 12.8. The number of likely N-dealkylation sites (tertiary alicyclic amines) is 1. The van der Waals surface area contributed by atoms with E-state index in [1.54, 1.807) is 17.0 Å². The molecule has 0 atom stereocenters. The van der Waals surface area contributed by atoms with E-state index in [0.29, 0.717) is 31.0 Å². The number of nitrogens with zero attached hydrogens (tertiary/aromatic N) is 3. The highest BCUT2D eigenvalue weighted by Gasteiger charge is 2.35. The van der Waals surface area contributed by atoms with Crippen molar-refractivity contribution < 1.29 is 33.7 Å². The molecule has 0 aliphatic carbocycles. The summed E-state index contributed by atoms with van der Waals surface area (Å²) in [5.74, 6) is -2.14. The second kappa shape index (κ2) is 10.4. The first-order valence-corrected chi connectivity index (χ1v) is 9.03. The van der Waals surface area contributed by atoms with Crippen molar-refractivity contribution in [1.29, 1.82) is 0 Å². The van der Waals surface area contributed by atoms with Crippen molar-refractivity contribution in [2.75, 3.05) is 46.3 Å². The van der Waals surface area contributed by atoms with Gasteiger partial charge >= 0.3 is 18.0 Å². The number of aliphatic carboxylic acids is 2. The van der Waals surface area contributed by atoms with Crippen molar-refractivity contribution in [2.45, 2.75) is 6.10 Å². The Bertz CT molecular complexity index is 725. The molecule has 2 aliphatic heterocycles. The maximum Gasteiger partial charge on any atom is 0.328 e. The van der Waals surface area contributed by atoms with Gasteiger partial charge < -0.3 is 29.6 Å². The van der Waals surface area contributed by atoms with Gasteiger partial charge in [-0.05, 0) is 31.3 Å². The molecular weight excluding hydrogens is 385 g/mol. The molecule has 2 saturated heterocycles. The lowest BCUT2D eigenvalue weighted by Gasteiger charge is -2.43. The van der Waals surface area contributed by atoms with Crippen molar-refractivity contribution in [1.82, 2.24) is 14.7 Å². The smallest absolute Gasteiger partial charge is 0.328 e. The number of carboxylic acid groups (broad SMARTS) is 2. The third kappa shape index (κ3) is 7.41. The van der Waals surface area contributed by atoms with Crippen LogP contribution in [0.1, 0.15) is 0 Å². The molecule has 0 radical (unpaired) electrons. The van der Waals surface area contributed by atoms with Crippen LogP contribution < -0.4 is 4.74 Å². The topological polar surface area (TPSA) is 111 Å². The Kier molecular flexibility index (Phi) is 7.96. The number of ether oxygens (including phenoxy) is 1. The molecule has 10 heteroatoms. The standard InChI is InChI=1S/C15H20FN3O2.C4H4O4/c1-17-6-8-18(9-7-17)15(20)19-10-14(11-19)21-13-4-2-12(16)3-5-13;5-3(6)1-2-4(7)8/h2-5,14H,6-11H2,1H3;1-2H,(H,5,6)(H,7,8)/b;2-1+. The zero-order chi connectivity index (χ0) is 21.4. The maximum atomic E-state index is 12.8. The molecule has 0 saturated carbocycles. The van der Waals surface area contributed by atoms with Gasteiger partial charge in [0.1, 0.15) is 17.7 Å². The van der Waals surface area contributed by atoms with Crippen LogP contribution in [0.15, 0.2) is 36.4 Å². The van der Waals surface area contributed by atoms with Crippen LogP contribution >= 0.6 is 0 Å². The van der Waals surface area contributed by atoms with Gasteiger partial charge in [0.15, 0.2) is 0 Å². The molecule has 0 spiro atoms. The first kappa shape index (κ1) is 22.2. The number of amides is 2. The van der Waals surface area contributed by atoms with E-state index in [1.807, 2.05) is 4.90 Å². The largest absolute Gasteiger partial charge is 0.487 e. The molecule has 2 amide bonds. The summed E-state index contributed by atoms with van der Waals surface area (Å²) in [5, 5.41) is 15.6. The highest BCUT2D eigenvalue weighted by atomic mass is 19.1. The molecular formula is C19H24FN3O6. The van der Waals surface area contributed by atoms with Gasteiger partial charge in [0, 0.05) is 38.3 Å². The molecule has 0 aromatic heterocycles. The summed E-state index contributed by atoms with van der Waals surface area (Å²) in [6, 6.07) is 6.07. The molecule has 2 fully saturated rings. The fourth-order valence-electron chi connectivity index (χ4n) is 2.71. The van der Waals surface area contributed by atoms with Crippen LogP contribution in [-0.4, -0.2) is 95.3 Å². The Hall–Kier alpha value is -3.14. The number of carbonyl (C=O) groups is 3. The van der Waals surface area contributed by atoms with E-state index in [4.69, 9.17) is 14.9 Å². The molecule has 3 rings (SSSR count). The van der Waals surface area contributed by atoms with Gasteiger partial charge in [0.05, 0.1) is 13.1 Å². The van der Waals surface area contributed by atoms with Gasteiger partial charge in [-0.2, -0.15) is 0 Å². The molecule has 1 aromatic carbocycles. The Labute approximate surface area is 167 Å². The Balaban J connectivity index is 0.000000321. The fourth-order valence-corrected chi connectivity index (χ4v) is 2.71. The summed E-state index contributed by atoms with van der Waals surface area (Å²) in [6.45, 7) is 4.62. The lowest BCUT2D eigenvalue weighted by Crippen LogP contribution is -2.61. The second-order valence-corrected chi connectivity index (χ2v) is 6.68. The zero-order valence-corrected chi connectivity index (χ0v) is 16.0. The summed E-state index contributed by atoms with van der Waals surface area (Å²) >= 11 is 0. The summed E-state index contributed by atoms with van der Waals surface area (Å²) < 4.78 is 18.5. The molecule has 0 bridgehead atoms. The number of rotatable bonds is 4. The summed E-state index contributed by atoms with van der Waals surface area (Å²) in [6.07, 6.45) is 1.12. The quantitative estimate of drug-likeness (QED) is 0.713. The zero-order valence-electron chi connectivity index (χ0n) is 16.0. The first-order valence-electron chi connectivity index (χ1n) is 9.03. The van der Waals surface area contributed by atoms with Crippen LogP contribution in [0, 0.1) is 5.82 Å². The van der Waals surface area contributed by atoms with Gasteiger partial charge in [-0.3, -0.25) is 0 Å². The molecule has 2 aliphatic rings. The number of piperazine rings is 1. The number of halogens is 1. The van der Waals surface area contributed by atoms with Gasteiger partial charge in [-0.1, -0.05) is 0 Å². The highest BCUT2D eigenvalue weighted by molar-refractivity contribution is 5.89. The van der Waals surface area contributed by atoms with Gasteiger partial charge in [0.25, 0.3) is 0 Å². The van der Waals surface area contributed by atoms with E-state index >= 15 is 0 Å². The average Bonchev–Trinajstić information content (AvgIpc) is 2.65. The minimum atomic E-state index is -1.26. The SMILES string of the molecule is CN1CCN(C(=O)N2CC(Oc3ccc(F)cc3)C2)CC1.O=C(O)/C=C/C(=O)O. The predicted molar refractivity (Wildman–Crippen MR) is 101 cm³/mol. The van der Waals surface area contributed by atoms with Crippen molar-refractivity contribution in [2.24, 2.45) is 0 Å². The van der Waals surface area contributed by atoms with Crippen molar-refractivity contribution in [3.05, 3.63) is 42.2 Å². The van der Waals surface area contributed by atoms with E-state index in [1.165, 1.54) is 12.1 Å². The number of carbonyl (C=O) groups excluding carboxylic acids is 1. The monoisotopic (exact) mass is 409 g/mol. The molecule has 9 nitrogen and oxygen atoms in total. The van der Waals surface area contributed by atoms with Crippen LogP contribution in [0.4, 0.5) is 9.18 Å². The first-order chi connectivity index (χ1) is 13.7. The van der Waals surface area contributed by atoms with Crippen LogP contribution in [0.25, 0.3) is 0 Å². The van der Waals surface area contributed by atoms with E-state index in [2.05, 4.69) is 11.9 Å². The van der Waals surface area contributed by atoms with Crippen LogP contribution in [-0.2, 0) is 9.59 Å². The Morgan fingerprint density at radius 3 is 1.97 bits per heavy atom. The van der Waals surface area contributed by atoms with E-state index < -0.39 is 11.9 Å². The van der Waals surface area contributed by atoms with E-state index in [9.17, 15) is 18.8 Å². The summed E-state index contributed by atoms with van der Waals surface area (Å²) in [7, 11) is 2.07. The molecule has 29 heavy (non-hydrogen) atoms. The number of benzene rings is 1. The average molecular weight is 409 g/mol. The number of urea groups is 1. The third-order valence-corrected chi connectivity index (χ3v) is 4.38. The van der Waals surface area contributed by atoms with Gasteiger partial charge in [-0.25, -0.2) is 18.8 Å². The van der Waals surface area contributed by atoms with E-state index in [-0.39, 0.29) is 18.0 Å². The summed E-state index contributed by atoms with van der Waals surface area (Å²) in [5.41, 5.74) is 0. The molecule has 2 N–H and O–H groups in total. The Morgan fingerprint density at radius 2 is 1.48 bits per heavy atom. The van der Waals surface area contributed by atoms with Crippen LogP contribution in [0.5, 0.6) is 5.75 Å². The number of carboxylic acids is 2. The number of likely N-dealkylation sites (N-methyl/N-ethyl adjacent to an activating group) is 1. The summed E-state index contributed by atoms with van der Waals surface area (Å²) in [4.78, 5) is 37.3. The number of hydrogen-bond acceptors (Lipinski definition) is 5. The Morgan fingerprint density at radius 1 is 0.966 bits per heavy atom. The molecule has 1 aromatic rings. The van der Waals surface area contributed by atoms with E-state index in [0.717, 1.165) is 26.2 Å². The highest BCUT2D eigenvalue weighted by Crippen LogP contribution is 2.20. The van der Waals surface area contributed by atoms with Crippen LogP contribution in [0.3, 0.4) is 0 Å². The predicted octanol–water partition coefficient (Wildman–Crippen LogP) is 0.968. The second-order valence-electron chi connectivity index (χ2n) is 6.68. The minimum absolute atomic E-state index is 0.00637. The lowest BCUT2D eigenvalue weighted by molar-refractivity contribution is -0.134. The normalized spacial score (nSPS) is 17.3. The number of hydrogen-bond donors (Lipinski definition) is 2. The van der Waals surface area contributed by atoms with Crippen molar-refractivity contribution in [3.63, 3.8) is 0 Å². The fraction of sp³-hybridized carbons (Fsp3) is 0.421. The molecule has 2 heterocycles. The van der Waals surface area contributed by atoms with Gasteiger partial charge in [-0.15, -0.1) is 0 Å². The van der Waals surface area contributed by atoms with Crippen molar-refractivity contribution >= 4 is 18.0 Å². The lowest BCUT2D eigenvalue weighted by atomic mass is 10.1. The van der Waals surface area contributed by atoms with Crippen molar-refractivity contribution in [3.8, 4) is 5.75 Å². The van der Waals surface area contributed by atoms with Gasteiger partial charge in [0.2, 0.25) is 0 Å². The minimum Gasteiger partial charge on any atom is -0.487 e. The molecule has 0 unspecified atom stereocenters. The third-order valence-electron chi connectivity index (χ3n) is 4.38. The molecule has 158 valence electrons.